The lowest BCUT2D eigenvalue weighted by Crippen LogP contribution is -2.70. The predicted octanol–water partition coefficient (Wildman–Crippen LogP) is -0.386. The van der Waals surface area contributed by atoms with Gasteiger partial charge in [0.15, 0.2) is 5.54 Å². The number of nitrogens with zero attached hydrogens (tertiary/aromatic N) is 1. The zero-order valence-electron chi connectivity index (χ0n) is 8.57. The molecule has 0 radical (unpaired) electrons. The second-order valence-corrected chi connectivity index (χ2v) is 3.42. The van der Waals surface area contributed by atoms with Crippen LogP contribution >= 0.6 is 12.4 Å². The van der Waals surface area contributed by atoms with E-state index in [1.807, 2.05) is 12.2 Å². The van der Waals surface area contributed by atoms with E-state index in [1.54, 1.807) is 0 Å². The lowest BCUT2D eigenvalue weighted by Gasteiger charge is -2.33. The van der Waals surface area contributed by atoms with Crippen molar-refractivity contribution < 1.29 is 14.4 Å². The topological polar surface area (TPSA) is 92.5 Å². The Hall–Kier alpha value is -1.14. The Morgan fingerprint density at radius 1 is 1.40 bits per heavy atom. The van der Waals surface area contributed by atoms with Gasteiger partial charge in [-0.2, -0.15) is 0 Å². The van der Waals surface area contributed by atoms with Crippen molar-refractivity contribution in [2.75, 3.05) is 6.54 Å². The van der Waals surface area contributed by atoms with Crippen LogP contribution in [0.25, 0.3) is 0 Å². The lowest BCUT2D eigenvalue weighted by molar-refractivity contribution is -0.143. The first kappa shape index (κ1) is 13.9. The average Bonchev–Trinajstić information content (AvgIpc) is 2.10. The lowest BCUT2D eigenvalue weighted by atomic mass is 9.99. The molecule has 86 valence electrons. The molecular formula is C8H14ClN3O3. The Labute approximate surface area is 93.6 Å². The number of hydrogen-bond acceptors (Lipinski definition) is 4. The minimum atomic E-state index is -1.64. The van der Waals surface area contributed by atoms with Crippen molar-refractivity contribution in [3.63, 3.8) is 0 Å². The highest BCUT2D eigenvalue weighted by Gasteiger charge is 2.47. The third-order valence-electron chi connectivity index (χ3n) is 2.07. The van der Waals surface area contributed by atoms with E-state index in [0.29, 0.717) is 6.42 Å². The quantitative estimate of drug-likeness (QED) is 0.638. The Morgan fingerprint density at radius 2 is 1.93 bits per heavy atom. The number of carbonyl (C=O) groups excluding carboxylic acids is 3. The minimum absolute atomic E-state index is 0. The van der Waals surface area contributed by atoms with E-state index in [2.05, 4.69) is 0 Å². The van der Waals surface area contributed by atoms with Gasteiger partial charge in [-0.15, -0.1) is 12.4 Å². The first-order valence-electron chi connectivity index (χ1n) is 4.37. The molecule has 4 amide bonds. The van der Waals surface area contributed by atoms with Crippen molar-refractivity contribution in [3.8, 4) is 0 Å². The predicted molar refractivity (Wildman–Crippen MR) is 55.4 cm³/mol. The van der Waals surface area contributed by atoms with Gasteiger partial charge < -0.3 is 5.73 Å². The highest BCUT2D eigenvalue weighted by molar-refractivity contribution is 6.21. The van der Waals surface area contributed by atoms with Gasteiger partial charge in [0.1, 0.15) is 0 Å². The molecule has 6 nitrogen and oxygen atoms in total. The Balaban J connectivity index is 0.00000196. The van der Waals surface area contributed by atoms with E-state index in [9.17, 15) is 14.4 Å². The summed E-state index contributed by atoms with van der Waals surface area (Å²) < 4.78 is 0. The highest BCUT2D eigenvalue weighted by Crippen LogP contribution is 2.12. The summed E-state index contributed by atoms with van der Waals surface area (Å²) in [6, 6.07) is -0.690. The van der Waals surface area contributed by atoms with Crippen molar-refractivity contribution >= 4 is 30.3 Å². The zero-order chi connectivity index (χ0) is 10.9. The summed E-state index contributed by atoms with van der Waals surface area (Å²) in [5.41, 5.74) is 3.86. The third kappa shape index (κ3) is 2.27. The molecule has 7 heteroatoms. The maximum absolute atomic E-state index is 11.6. The molecule has 1 heterocycles. The molecule has 0 aliphatic carbocycles. The number of halogens is 1. The normalized spacial score (nSPS) is 26.1. The largest absolute Gasteiger partial charge is 0.330 e. The van der Waals surface area contributed by atoms with E-state index in [1.165, 1.54) is 6.92 Å². The molecule has 0 aromatic heterocycles. The molecule has 0 spiro atoms. The summed E-state index contributed by atoms with van der Waals surface area (Å²) in [4.78, 5) is 34.9. The molecule has 1 unspecified atom stereocenters. The standard InChI is InChI=1S/C8H13N3O3.ClH/c1-3-4-11-6(13)8(2,9)5(12)10-7(11)14;/h3-4,9H2,1-2H3,(H,10,12,14);1H. The molecule has 1 atom stereocenters. The van der Waals surface area contributed by atoms with E-state index >= 15 is 0 Å². The van der Waals surface area contributed by atoms with Crippen LogP contribution < -0.4 is 11.1 Å². The summed E-state index contributed by atoms with van der Waals surface area (Å²) in [5, 5.41) is 2.04. The fourth-order valence-electron chi connectivity index (χ4n) is 1.19. The Bertz CT molecular complexity index is 304. The summed E-state index contributed by atoms with van der Waals surface area (Å²) >= 11 is 0. The number of rotatable bonds is 2. The van der Waals surface area contributed by atoms with Crippen LogP contribution in [0.5, 0.6) is 0 Å². The van der Waals surface area contributed by atoms with Crippen LogP contribution in [0, 0.1) is 0 Å². The smallest absolute Gasteiger partial charge is 0.310 e. The molecule has 0 aromatic carbocycles. The fraction of sp³-hybridized carbons (Fsp3) is 0.625. The van der Waals surface area contributed by atoms with Crippen LogP contribution in [-0.2, 0) is 9.59 Å². The molecule has 1 aliphatic heterocycles. The zero-order valence-corrected chi connectivity index (χ0v) is 9.39. The average molecular weight is 236 g/mol. The molecule has 0 saturated carbocycles. The van der Waals surface area contributed by atoms with Gasteiger partial charge in [-0.1, -0.05) is 6.92 Å². The second kappa shape index (κ2) is 4.59. The summed E-state index contributed by atoms with van der Waals surface area (Å²) in [6.07, 6.45) is 0.628. The van der Waals surface area contributed by atoms with Crippen LogP contribution in [0.1, 0.15) is 20.3 Å². The summed E-state index contributed by atoms with van der Waals surface area (Å²) in [6.45, 7) is 3.38. The molecule has 0 aromatic rings. The second-order valence-electron chi connectivity index (χ2n) is 3.42. The maximum atomic E-state index is 11.6. The molecule has 1 saturated heterocycles. The molecule has 1 fully saturated rings. The van der Waals surface area contributed by atoms with Crippen molar-refractivity contribution in [1.29, 1.82) is 0 Å². The highest BCUT2D eigenvalue weighted by atomic mass is 35.5. The first-order chi connectivity index (χ1) is 6.41. The molecular weight excluding hydrogens is 222 g/mol. The SMILES string of the molecule is CCCN1C(=O)NC(=O)C(C)(N)C1=O.Cl. The van der Waals surface area contributed by atoms with Crippen LogP contribution in [-0.4, -0.2) is 34.8 Å². The number of amides is 4. The van der Waals surface area contributed by atoms with E-state index in [4.69, 9.17) is 5.73 Å². The molecule has 1 aliphatic rings. The van der Waals surface area contributed by atoms with Gasteiger partial charge in [0, 0.05) is 6.54 Å². The van der Waals surface area contributed by atoms with E-state index in [0.717, 1.165) is 4.90 Å². The van der Waals surface area contributed by atoms with Gasteiger partial charge in [-0.3, -0.25) is 19.8 Å². The molecule has 0 bridgehead atoms. The van der Waals surface area contributed by atoms with Gasteiger partial charge in [0.05, 0.1) is 0 Å². The third-order valence-corrected chi connectivity index (χ3v) is 2.07. The van der Waals surface area contributed by atoms with Crippen LogP contribution in [0.4, 0.5) is 4.79 Å². The Kier molecular flexibility index (Phi) is 4.24. The van der Waals surface area contributed by atoms with Crippen LogP contribution in [0.3, 0.4) is 0 Å². The van der Waals surface area contributed by atoms with Gasteiger partial charge >= 0.3 is 6.03 Å². The van der Waals surface area contributed by atoms with Crippen molar-refractivity contribution in [2.24, 2.45) is 5.73 Å². The van der Waals surface area contributed by atoms with Gasteiger partial charge in [0.25, 0.3) is 11.8 Å². The number of nitrogens with one attached hydrogen (secondary N) is 1. The Morgan fingerprint density at radius 3 is 2.40 bits per heavy atom. The minimum Gasteiger partial charge on any atom is -0.310 e. The first-order valence-corrected chi connectivity index (χ1v) is 4.37. The fourth-order valence-corrected chi connectivity index (χ4v) is 1.19. The monoisotopic (exact) mass is 235 g/mol. The molecule has 15 heavy (non-hydrogen) atoms. The maximum Gasteiger partial charge on any atom is 0.330 e. The summed E-state index contributed by atoms with van der Waals surface area (Å²) in [5.74, 6) is -1.40. The van der Waals surface area contributed by atoms with Crippen molar-refractivity contribution in [3.05, 3.63) is 0 Å². The number of imide groups is 2. The van der Waals surface area contributed by atoms with Crippen LogP contribution in [0.2, 0.25) is 0 Å². The van der Waals surface area contributed by atoms with E-state index < -0.39 is 23.4 Å². The molecule has 1 rings (SSSR count). The van der Waals surface area contributed by atoms with Crippen LogP contribution in [0.15, 0.2) is 0 Å². The summed E-state index contributed by atoms with van der Waals surface area (Å²) in [7, 11) is 0. The number of hydrogen-bond donors (Lipinski definition) is 2. The number of barbiturate groups is 1. The number of urea groups is 1. The van der Waals surface area contributed by atoms with Gasteiger partial charge in [-0.05, 0) is 13.3 Å². The van der Waals surface area contributed by atoms with Gasteiger partial charge in [-0.25, -0.2) is 4.79 Å². The van der Waals surface area contributed by atoms with E-state index in [-0.39, 0.29) is 19.0 Å². The number of nitrogens with two attached hydrogens (primary N) is 1. The number of carbonyl (C=O) groups is 3. The van der Waals surface area contributed by atoms with Crippen molar-refractivity contribution in [2.45, 2.75) is 25.8 Å². The van der Waals surface area contributed by atoms with Gasteiger partial charge in [0.2, 0.25) is 0 Å². The molecule has 3 N–H and O–H groups in total. The van der Waals surface area contributed by atoms with Crippen molar-refractivity contribution in [1.82, 2.24) is 10.2 Å².